The smallest absolute Gasteiger partial charge is 0.307 e. The van der Waals surface area contributed by atoms with Crippen LogP contribution in [0.4, 0.5) is 4.39 Å². The number of hydrogen-bond acceptors (Lipinski definition) is 5. The van der Waals surface area contributed by atoms with Crippen molar-refractivity contribution < 1.29 is 28.6 Å². The molecule has 1 N–H and O–H groups in total. The third kappa shape index (κ3) is 5.60. The molecule has 0 saturated carbocycles. The Balaban J connectivity index is 1.46. The first-order chi connectivity index (χ1) is 18.6. The van der Waals surface area contributed by atoms with E-state index in [0.29, 0.717) is 60.7 Å². The van der Waals surface area contributed by atoms with Gasteiger partial charge in [-0.15, -0.1) is 0 Å². The van der Waals surface area contributed by atoms with E-state index >= 15 is 0 Å². The second kappa shape index (κ2) is 10.7. The predicted octanol–water partition coefficient (Wildman–Crippen LogP) is 5.53. The summed E-state index contributed by atoms with van der Waals surface area (Å²) in [6, 6.07) is 12.3. The normalized spacial score (nSPS) is 17.5. The maximum absolute atomic E-state index is 15.0. The molecule has 2 aromatic carbocycles. The number of carboxylic acid groups (broad SMARTS) is 1. The number of benzene rings is 2. The Morgan fingerprint density at radius 1 is 1.18 bits per heavy atom. The molecule has 5 rings (SSSR count). The molecule has 8 heteroatoms. The van der Waals surface area contributed by atoms with Gasteiger partial charge in [-0.3, -0.25) is 9.59 Å². The zero-order valence-corrected chi connectivity index (χ0v) is 22.5. The van der Waals surface area contributed by atoms with Crippen LogP contribution < -0.4 is 9.47 Å². The van der Waals surface area contributed by atoms with Crippen molar-refractivity contribution >= 4 is 11.9 Å². The highest BCUT2D eigenvalue weighted by Crippen LogP contribution is 2.42. The summed E-state index contributed by atoms with van der Waals surface area (Å²) in [4.78, 5) is 31.2. The average molecular weight is 533 g/mol. The Labute approximate surface area is 227 Å². The minimum atomic E-state index is -0.934. The number of pyridine rings is 1. The summed E-state index contributed by atoms with van der Waals surface area (Å²) in [5.41, 5.74) is 3.90. The highest BCUT2D eigenvalue weighted by molar-refractivity contribution is 5.80. The van der Waals surface area contributed by atoms with E-state index in [1.807, 2.05) is 32.9 Å². The van der Waals surface area contributed by atoms with Gasteiger partial charge < -0.3 is 19.5 Å². The summed E-state index contributed by atoms with van der Waals surface area (Å²) in [5.74, 6) is -0.0987. The molecule has 204 valence electrons. The summed E-state index contributed by atoms with van der Waals surface area (Å²) in [6.45, 7) is 7.00. The van der Waals surface area contributed by atoms with Gasteiger partial charge in [-0.25, -0.2) is 9.37 Å². The molecule has 3 heterocycles. The highest BCUT2D eigenvalue weighted by Gasteiger charge is 2.37. The molecule has 3 aromatic rings. The lowest BCUT2D eigenvalue weighted by molar-refractivity contribution is -0.136. The zero-order chi connectivity index (χ0) is 27.7. The Morgan fingerprint density at radius 2 is 2.00 bits per heavy atom. The lowest BCUT2D eigenvalue weighted by atomic mass is 9.83. The van der Waals surface area contributed by atoms with Crippen LogP contribution in [0.2, 0.25) is 0 Å². The second-order valence-corrected chi connectivity index (χ2v) is 10.8. The number of aliphatic carboxylic acids is 1. The number of rotatable bonds is 7. The van der Waals surface area contributed by atoms with Crippen molar-refractivity contribution in [2.45, 2.75) is 64.5 Å². The molecule has 2 aliphatic rings. The summed E-state index contributed by atoms with van der Waals surface area (Å²) >= 11 is 0. The van der Waals surface area contributed by atoms with Gasteiger partial charge in [0.15, 0.2) is 0 Å². The maximum atomic E-state index is 15.0. The first-order valence-corrected chi connectivity index (χ1v) is 13.3. The number of nitrogens with zero attached hydrogens (tertiary/aromatic N) is 2. The van der Waals surface area contributed by atoms with Crippen molar-refractivity contribution in [2.24, 2.45) is 0 Å². The van der Waals surface area contributed by atoms with Crippen LogP contribution in [0.15, 0.2) is 48.7 Å². The monoisotopic (exact) mass is 532 g/mol. The first kappa shape index (κ1) is 26.7. The molecule has 1 amide bonds. The number of amides is 1. The van der Waals surface area contributed by atoms with Crippen LogP contribution in [-0.2, 0) is 29.0 Å². The number of aromatic nitrogens is 1. The third-order valence-corrected chi connectivity index (χ3v) is 7.47. The summed E-state index contributed by atoms with van der Waals surface area (Å²) < 4.78 is 26.9. The van der Waals surface area contributed by atoms with Gasteiger partial charge in [0.1, 0.15) is 17.2 Å². The molecular formula is C31H33FN2O5. The molecule has 0 radical (unpaired) electrons. The predicted molar refractivity (Wildman–Crippen MR) is 144 cm³/mol. The van der Waals surface area contributed by atoms with Crippen LogP contribution in [0, 0.1) is 5.82 Å². The number of halogens is 1. The topological polar surface area (TPSA) is 89.0 Å². The summed E-state index contributed by atoms with van der Waals surface area (Å²) in [7, 11) is 0. The Bertz CT molecular complexity index is 1420. The molecule has 39 heavy (non-hydrogen) atoms. The fourth-order valence-corrected chi connectivity index (χ4v) is 5.78. The molecule has 1 aromatic heterocycles. The standard InChI is InChI=1S/C31H33FN2O5/c1-4-38-27-10-7-19(15-29(36)37)14-24(27)22-8-9-26(32)23-11-13-34(18-25(22)23)28(35)16-20-17-31(2,3)39-30-21(20)6-5-12-33-30/h5-10,12,14,20H,4,11,13,15-18H2,1-3H3,(H,36,37). The molecule has 7 nitrogen and oxygen atoms in total. The van der Waals surface area contributed by atoms with Crippen molar-refractivity contribution in [1.29, 1.82) is 0 Å². The number of carboxylic acids is 1. The van der Waals surface area contributed by atoms with Crippen molar-refractivity contribution in [2.75, 3.05) is 13.2 Å². The lowest BCUT2D eigenvalue weighted by Crippen LogP contribution is -2.40. The van der Waals surface area contributed by atoms with Crippen LogP contribution in [0.1, 0.15) is 61.8 Å². The van der Waals surface area contributed by atoms with Gasteiger partial charge in [-0.05, 0) is 80.1 Å². The maximum Gasteiger partial charge on any atom is 0.307 e. The summed E-state index contributed by atoms with van der Waals surface area (Å²) in [5, 5.41) is 9.32. The molecular weight excluding hydrogens is 499 g/mol. The Hall–Kier alpha value is -3.94. The van der Waals surface area contributed by atoms with Crippen LogP contribution in [0.25, 0.3) is 11.1 Å². The van der Waals surface area contributed by atoms with Crippen molar-refractivity contribution in [3.63, 3.8) is 0 Å². The van der Waals surface area contributed by atoms with E-state index in [2.05, 4.69) is 4.98 Å². The van der Waals surface area contributed by atoms with Gasteiger partial charge in [0.2, 0.25) is 11.8 Å². The summed E-state index contributed by atoms with van der Waals surface area (Å²) in [6.07, 6.45) is 2.96. The molecule has 1 atom stereocenters. The SMILES string of the molecule is CCOc1ccc(CC(=O)O)cc1-c1ccc(F)c2c1CN(C(=O)CC1CC(C)(C)Oc3ncccc31)CC2. The quantitative estimate of drug-likeness (QED) is 0.430. The van der Waals surface area contributed by atoms with Gasteiger partial charge in [-0.1, -0.05) is 18.2 Å². The van der Waals surface area contributed by atoms with E-state index in [-0.39, 0.29) is 30.6 Å². The first-order valence-electron chi connectivity index (χ1n) is 13.3. The molecule has 0 fully saturated rings. The molecule has 0 spiro atoms. The van der Waals surface area contributed by atoms with Gasteiger partial charge in [0.05, 0.1) is 13.0 Å². The minimum absolute atomic E-state index is 0.00183. The van der Waals surface area contributed by atoms with Gasteiger partial charge in [-0.2, -0.15) is 0 Å². The number of carbonyl (C=O) groups excluding carboxylic acids is 1. The van der Waals surface area contributed by atoms with E-state index < -0.39 is 11.6 Å². The minimum Gasteiger partial charge on any atom is -0.493 e. The molecule has 2 aliphatic heterocycles. The zero-order valence-electron chi connectivity index (χ0n) is 22.5. The molecule has 0 saturated heterocycles. The van der Waals surface area contributed by atoms with Crippen molar-refractivity contribution in [3.8, 4) is 22.8 Å². The Morgan fingerprint density at radius 3 is 2.77 bits per heavy atom. The number of ether oxygens (including phenoxy) is 2. The van der Waals surface area contributed by atoms with Gasteiger partial charge in [0, 0.05) is 42.8 Å². The van der Waals surface area contributed by atoms with E-state index in [4.69, 9.17) is 9.47 Å². The van der Waals surface area contributed by atoms with Crippen molar-refractivity contribution in [3.05, 3.63) is 76.7 Å². The largest absolute Gasteiger partial charge is 0.493 e. The van der Waals surface area contributed by atoms with Crippen molar-refractivity contribution in [1.82, 2.24) is 9.88 Å². The van der Waals surface area contributed by atoms with Crippen LogP contribution >= 0.6 is 0 Å². The average Bonchev–Trinajstić information content (AvgIpc) is 2.89. The second-order valence-electron chi connectivity index (χ2n) is 10.8. The van der Waals surface area contributed by atoms with E-state index in [9.17, 15) is 19.1 Å². The molecule has 1 unspecified atom stereocenters. The van der Waals surface area contributed by atoms with Crippen LogP contribution in [0.3, 0.4) is 0 Å². The Kier molecular flexibility index (Phi) is 7.30. The molecule has 0 aliphatic carbocycles. The fraction of sp³-hybridized carbons (Fsp3) is 0.387. The van der Waals surface area contributed by atoms with Gasteiger partial charge >= 0.3 is 5.97 Å². The highest BCUT2D eigenvalue weighted by atomic mass is 19.1. The number of carbonyl (C=O) groups is 2. The molecule has 0 bridgehead atoms. The van der Waals surface area contributed by atoms with E-state index in [0.717, 1.165) is 16.7 Å². The van der Waals surface area contributed by atoms with Gasteiger partial charge in [0.25, 0.3) is 0 Å². The third-order valence-electron chi connectivity index (χ3n) is 7.47. The fourth-order valence-electron chi connectivity index (χ4n) is 5.78. The number of hydrogen-bond donors (Lipinski definition) is 1. The lowest BCUT2D eigenvalue weighted by Gasteiger charge is -2.38. The number of fused-ring (bicyclic) bond motifs is 2. The van der Waals surface area contributed by atoms with Crippen LogP contribution in [-0.4, -0.2) is 45.6 Å². The van der Waals surface area contributed by atoms with E-state index in [1.165, 1.54) is 6.07 Å². The van der Waals surface area contributed by atoms with Crippen LogP contribution in [0.5, 0.6) is 11.6 Å². The van der Waals surface area contributed by atoms with E-state index in [1.54, 1.807) is 35.4 Å².